The molecular formula is C26H30ClFN2O5. The molecule has 1 aliphatic rings. The van der Waals surface area contributed by atoms with Gasteiger partial charge in [-0.05, 0) is 36.2 Å². The van der Waals surface area contributed by atoms with Crippen LogP contribution in [0.1, 0.15) is 22.7 Å². The van der Waals surface area contributed by atoms with Gasteiger partial charge in [-0.25, -0.2) is 4.39 Å². The van der Waals surface area contributed by atoms with Crippen LogP contribution in [-0.4, -0.2) is 63.4 Å². The molecule has 0 aliphatic carbocycles. The molecule has 0 saturated carbocycles. The zero-order valence-electron chi connectivity index (χ0n) is 20.1. The van der Waals surface area contributed by atoms with Crippen LogP contribution in [0.3, 0.4) is 0 Å². The zero-order chi connectivity index (χ0) is 25.1. The zero-order valence-corrected chi connectivity index (χ0v) is 20.9. The van der Waals surface area contributed by atoms with Gasteiger partial charge in [-0.3, -0.25) is 4.79 Å². The summed E-state index contributed by atoms with van der Waals surface area (Å²) in [5, 5.41) is 10.4. The molecule has 1 saturated heterocycles. The number of aryl methyl sites for hydroxylation is 1. The Morgan fingerprint density at radius 1 is 1.17 bits per heavy atom. The third-order valence-corrected chi connectivity index (χ3v) is 6.70. The van der Waals surface area contributed by atoms with E-state index in [1.165, 1.54) is 7.11 Å². The van der Waals surface area contributed by atoms with Crippen LogP contribution in [0.4, 0.5) is 10.1 Å². The average Bonchev–Trinajstić information content (AvgIpc) is 2.87. The van der Waals surface area contributed by atoms with Gasteiger partial charge in [0, 0.05) is 55.5 Å². The van der Waals surface area contributed by atoms with E-state index in [4.69, 9.17) is 25.8 Å². The molecule has 7 nitrogen and oxygen atoms in total. The van der Waals surface area contributed by atoms with E-state index in [2.05, 4.69) is 4.90 Å². The predicted molar refractivity (Wildman–Crippen MR) is 135 cm³/mol. The minimum atomic E-state index is -0.493. The number of halogens is 2. The molecule has 0 unspecified atom stereocenters. The lowest BCUT2D eigenvalue weighted by Crippen LogP contribution is -2.36. The van der Waals surface area contributed by atoms with Crippen molar-refractivity contribution in [1.82, 2.24) is 4.57 Å². The van der Waals surface area contributed by atoms with Gasteiger partial charge in [-0.15, -0.1) is 0 Å². The number of aromatic nitrogens is 1. The quantitative estimate of drug-likeness (QED) is 0.504. The summed E-state index contributed by atoms with van der Waals surface area (Å²) in [4.78, 5) is 15.2. The number of hydrogen-bond acceptors (Lipinski definition) is 6. The van der Waals surface area contributed by atoms with E-state index >= 15 is 4.39 Å². The first-order chi connectivity index (χ1) is 16.9. The van der Waals surface area contributed by atoms with E-state index < -0.39 is 5.82 Å². The molecule has 2 heterocycles. The number of aliphatic hydroxyl groups excluding tert-OH is 1. The summed E-state index contributed by atoms with van der Waals surface area (Å²) in [5.41, 5.74) is 2.92. The van der Waals surface area contributed by atoms with Crippen LogP contribution < -0.4 is 15.1 Å². The predicted octanol–water partition coefficient (Wildman–Crippen LogP) is 3.72. The van der Waals surface area contributed by atoms with Crippen LogP contribution in [0.2, 0.25) is 5.02 Å². The van der Waals surface area contributed by atoms with Crippen molar-refractivity contribution in [3.63, 3.8) is 0 Å². The largest absolute Gasteiger partial charge is 0.496 e. The number of pyridine rings is 1. The summed E-state index contributed by atoms with van der Waals surface area (Å²) in [6.45, 7) is 4.46. The van der Waals surface area contributed by atoms with E-state index in [0.29, 0.717) is 59.6 Å². The first-order valence-electron chi connectivity index (χ1n) is 11.5. The number of hydrogen-bond donors (Lipinski definition) is 1. The molecule has 188 valence electrons. The van der Waals surface area contributed by atoms with E-state index in [0.717, 1.165) is 5.69 Å². The van der Waals surface area contributed by atoms with E-state index in [1.807, 2.05) is 4.57 Å². The topological polar surface area (TPSA) is 73.2 Å². The molecule has 1 N–H and O–H groups in total. The summed E-state index contributed by atoms with van der Waals surface area (Å²) in [7, 11) is 3.09. The smallest absolute Gasteiger partial charge is 0.192 e. The van der Waals surface area contributed by atoms with Gasteiger partial charge >= 0.3 is 0 Å². The van der Waals surface area contributed by atoms with Crippen molar-refractivity contribution in [3.05, 3.63) is 68.2 Å². The molecule has 0 bridgehead atoms. The van der Waals surface area contributed by atoms with Crippen LogP contribution in [0.25, 0.3) is 10.9 Å². The lowest BCUT2D eigenvalue weighted by atomic mass is 9.99. The Hall–Kier alpha value is -2.65. The standard InChI is InChI=1S/C26H30ClFN2O5/c1-16-13-30(20(14-31)15-33-2)23-12-24(34-3)17(10-21(23)26(16)32)8-18-9-19(11-22(27)25(18)28)29-4-6-35-7-5-29/h9-13,20,31H,4-8,14-15H2,1-3H3/t20-/m1/s1. The van der Waals surface area contributed by atoms with Crippen molar-refractivity contribution in [1.29, 1.82) is 0 Å². The van der Waals surface area contributed by atoms with Crippen LogP contribution in [0.5, 0.6) is 5.75 Å². The Morgan fingerprint density at radius 2 is 1.91 bits per heavy atom. The number of fused-ring (bicyclic) bond motifs is 1. The highest BCUT2D eigenvalue weighted by atomic mass is 35.5. The number of methoxy groups -OCH3 is 2. The number of nitrogens with zero attached hydrogens (tertiary/aromatic N) is 2. The van der Waals surface area contributed by atoms with Gasteiger partial charge in [0.1, 0.15) is 11.6 Å². The first-order valence-corrected chi connectivity index (χ1v) is 11.9. The van der Waals surface area contributed by atoms with Gasteiger partial charge in [0.15, 0.2) is 5.43 Å². The van der Waals surface area contributed by atoms with Crippen molar-refractivity contribution in [2.45, 2.75) is 19.4 Å². The second-order valence-corrected chi connectivity index (χ2v) is 9.11. The van der Waals surface area contributed by atoms with Crippen LogP contribution in [0.15, 0.2) is 35.3 Å². The minimum absolute atomic E-state index is 0.0484. The van der Waals surface area contributed by atoms with Gasteiger partial charge in [-0.2, -0.15) is 0 Å². The maximum absolute atomic E-state index is 15.1. The monoisotopic (exact) mass is 504 g/mol. The van der Waals surface area contributed by atoms with Crippen molar-refractivity contribution in [2.24, 2.45) is 0 Å². The number of aliphatic hydroxyl groups is 1. The normalized spacial score (nSPS) is 15.0. The van der Waals surface area contributed by atoms with Crippen LogP contribution in [0, 0.1) is 12.7 Å². The Labute approximate surface area is 208 Å². The SMILES string of the molecule is COC[C@@H](CO)n1cc(C)c(=O)c2cc(Cc3cc(N4CCOCC4)cc(Cl)c3F)c(OC)cc21. The first kappa shape index (κ1) is 25.4. The number of morpholine rings is 1. The third kappa shape index (κ3) is 5.16. The minimum Gasteiger partial charge on any atom is -0.496 e. The molecule has 2 aromatic carbocycles. The molecule has 1 fully saturated rings. The van der Waals surface area contributed by atoms with Gasteiger partial charge in [0.05, 0.1) is 50.1 Å². The highest BCUT2D eigenvalue weighted by molar-refractivity contribution is 6.31. The second kappa shape index (κ2) is 11.0. The maximum Gasteiger partial charge on any atom is 0.192 e. The van der Waals surface area contributed by atoms with Crippen molar-refractivity contribution in [3.8, 4) is 5.75 Å². The Balaban J connectivity index is 1.82. The van der Waals surface area contributed by atoms with E-state index in [9.17, 15) is 9.90 Å². The van der Waals surface area contributed by atoms with E-state index in [1.54, 1.807) is 44.5 Å². The molecule has 0 spiro atoms. The lowest BCUT2D eigenvalue weighted by molar-refractivity contribution is 0.116. The van der Waals surface area contributed by atoms with Crippen molar-refractivity contribution in [2.75, 3.05) is 58.6 Å². The fourth-order valence-corrected chi connectivity index (χ4v) is 4.80. The highest BCUT2D eigenvalue weighted by Crippen LogP contribution is 2.33. The van der Waals surface area contributed by atoms with Gasteiger partial charge < -0.3 is 28.8 Å². The maximum atomic E-state index is 15.1. The Kier molecular flexibility index (Phi) is 7.96. The third-order valence-electron chi connectivity index (χ3n) is 6.42. The highest BCUT2D eigenvalue weighted by Gasteiger charge is 2.20. The summed E-state index contributed by atoms with van der Waals surface area (Å²) in [5.74, 6) is 0.0174. The molecule has 4 rings (SSSR count). The summed E-state index contributed by atoms with van der Waals surface area (Å²) < 4.78 is 33.3. The molecule has 1 atom stereocenters. The molecule has 9 heteroatoms. The number of benzene rings is 2. The van der Waals surface area contributed by atoms with Gasteiger partial charge in [0.25, 0.3) is 0 Å². The molecule has 35 heavy (non-hydrogen) atoms. The summed E-state index contributed by atoms with van der Waals surface area (Å²) in [6, 6.07) is 6.56. The van der Waals surface area contributed by atoms with Crippen LogP contribution >= 0.6 is 11.6 Å². The Morgan fingerprint density at radius 3 is 2.57 bits per heavy atom. The number of anilines is 1. The van der Waals surface area contributed by atoms with Gasteiger partial charge in [0.2, 0.25) is 0 Å². The molecule has 0 radical (unpaired) electrons. The molecule has 3 aromatic rings. The van der Waals surface area contributed by atoms with Crippen molar-refractivity contribution >= 4 is 28.2 Å². The van der Waals surface area contributed by atoms with Crippen molar-refractivity contribution < 1.29 is 23.7 Å². The van der Waals surface area contributed by atoms with Gasteiger partial charge in [-0.1, -0.05) is 11.6 Å². The molecule has 0 amide bonds. The number of ether oxygens (including phenoxy) is 3. The van der Waals surface area contributed by atoms with Crippen LogP contribution in [-0.2, 0) is 15.9 Å². The average molecular weight is 505 g/mol. The Bertz CT molecular complexity index is 1270. The lowest BCUT2D eigenvalue weighted by Gasteiger charge is -2.29. The molecule has 1 aliphatic heterocycles. The van der Waals surface area contributed by atoms with E-state index in [-0.39, 0.29) is 36.1 Å². The molecular weight excluding hydrogens is 475 g/mol. The second-order valence-electron chi connectivity index (χ2n) is 8.70. The fraction of sp³-hybridized carbons (Fsp3) is 0.423. The number of rotatable bonds is 8. The molecule has 1 aromatic heterocycles. The summed E-state index contributed by atoms with van der Waals surface area (Å²) >= 11 is 6.27. The summed E-state index contributed by atoms with van der Waals surface area (Å²) in [6.07, 6.45) is 1.91. The fourth-order valence-electron chi connectivity index (χ4n) is 4.57.